The van der Waals surface area contributed by atoms with E-state index in [2.05, 4.69) is 84.5 Å². The van der Waals surface area contributed by atoms with Crippen LogP contribution in [0.5, 0.6) is 0 Å². The summed E-state index contributed by atoms with van der Waals surface area (Å²) < 4.78 is 6.68. The molecule has 0 aromatic heterocycles. The first kappa shape index (κ1) is 25.1. The summed E-state index contributed by atoms with van der Waals surface area (Å²) in [6.07, 6.45) is 1.28. The summed E-state index contributed by atoms with van der Waals surface area (Å²) in [5, 5.41) is 0.288. The van der Waals surface area contributed by atoms with Crippen molar-refractivity contribution < 1.29 is 4.43 Å². The lowest BCUT2D eigenvalue weighted by atomic mass is 9.69. The summed E-state index contributed by atoms with van der Waals surface area (Å²) >= 11 is 0. The van der Waals surface area contributed by atoms with Crippen LogP contribution in [0.3, 0.4) is 0 Å². The van der Waals surface area contributed by atoms with Crippen LogP contribution in [0.4, 0.5) is 0 Å². The van der Waals surface area contributed by atoms with E-state index in [1.165, 1.54) is 6.42 Å². The molecule has 27 heavy (non-hydrogen) atoms. The molecule has 0 amide bonds. The highest BCUT2D eigenvalue weighted by atomic mass is 28.4. The van der Waals surface area contributed by atoms with Gasteiger partial charge >= 0.3 is 0 Å². The van der Waals surface area contributed by atoms with E-state index in [0.29, 0.717) is 17.8 Å². The largest absolute Gasteiger partial charge is 0.417 e. The minimum absolute atomic E-state index is 0.0623. The van der Waals surface area contributed by atoms with Crippen molar-refractivity contribution >= 4 is 36.9 Å². The zero-order chi connectivity index (χ0) is 20.8. The summed E-state index contributed by atoms with van der Waals surface area (Å²) in [6.45, 7) is 24.9. The molecule has 1 rings (SSSR count). The van der Waals surface area contributed by atoms with Crippen molar-refractivity contribution in [2.24, 2.45) is 17.8 Å². The molecule has 1 aliphatic carbocycles. The smallest absolute Gasteiger partial charge is 0.191 e. The fourth-order valence-corrected chi connectivity index (χ4v) is 8.12. The third-order valence-electron chi connectivity index (χ3n) is 6.54. The fraction of sp³-hybridized carbons (Fsp3) is 0.727. The van der Waals surface area contributed by atoms with Gasteiger partial charge in [0, 0.05) is 41.1 Å². The van der Waals surface area contributed by atoms with E-state index in [4.69, 9.17) is 4.43 Å². The van der Waals surface area contributed by atoms with Gasteiger partial charge in [0.15, 0.2) is 8.32 Å². The predicted molar refractivity (Wildman–Crippen MR) is 137 cm³/mol. The molecule has 1 aliphatic rings. The quantitative estimate of drug-likeness (QED) is 0.528. The highest BCUT2D eigenvalue weighted by Crippen LogP contribution is 2.45. The van der Waals surface area contributed by atoms with E-state index < -0.39 is 8.32 Å². The molecule has 1 nitrogen and oxygen atoms in total. The first-order valence-electron chi connectivity index (χ1n) is 11.2. The molecular weight excluding hydrogens is 393 g/mol. The van der Waals surface area contributed by atoms with Crippen molar-refractivity contribution in [3.05, 3.63) is 33.8 Å². The van der Waals surface area contributed by atoms with Crippen LogP contribution in [0.25, 0.3) is 0 Å². The molecule has 0 saturated heterocycles. The lowest BCUT2D eigenvalue weighted by Crippen LogP contribution is -2.42. The summed E-state index contributed by atoms with van der Waals surface area (Å²) in [4.78, 5) is 0. The number of hydrogen-bond donors (Lipinski definition) is 0. The molecule has 156 valence electrons. The van der Waals surface area contributed by atoms with Gasteiger partial charge in [-0.15, -0.1) is 5.70 Å². The Morgan fingerprint density at radius 1 is 1.04 bits per heavy atom. The molecule has 1 fully saturated rings. The van der Waals surface area contributed by atoms with Crippen molar-refractivity contribution in [3.8, 4) is 0 Å². The molecule has 1 saturated carbocycles. The van der Waals surface area contributed by atoms with E-state index >= 15 is 0 Å². The highest BCUT2D eigenvalue weighted by molar-refractivity contribution is 6.74. The Hall–Kier alpha value is 0.0475. The van der Waals surface area contributed by atoms with Gasteiger partial charge in [0.1, 0.15) is 0 Å². The average Bonchev–Trinajstić information content (AvgIpc) is 2.55. The Bertz CT molecular complexity index is 569. The number of allylic oxidation sites excluding steroid dienone is 3. The van der Waals surface area contributed by atoms with Crippen LogP contribution in [0.15, 0.2) is 33.8 Å². The summed E-state index contributed by atoms with van der Waals surface area (Å²) in [7, 11) is -1.92. The van der Waals surface area contributed by atoms with Crippen LogP contribution in [0.1, 0.15) is 41.0 Å². The maximum atomic E-state index is 6.68. The van der Waals surface area contributed by atoms with Crippen molar-refractivity contribution in [3.63, 3.8) is 0 Å². The maximum Gasteiger partial charge on any atom is 0.191 e. The normalized spacial score (nSPS) is 28.9. The third-order valence-corrected chi connectivity index (χ3v) is 13.7. The Labute approximate surface area is 178 Å². The van der Waals surface area contributed by atoms with Gasteiger partial charge < -0.3 is 4.43 Å². The van der Waals surface area contributed by atoms with Gasteiger partial charge in [0.2, 0.25) is 0 Å². The molecule has 0 heterocycles. The van der Waals surface area contributed by atoms with Crippen molar-refractivity contribution in [1.29, 1.82) is 0 Å². The molecule has 0 aromatic carbocycles. The van der Waals surface area contributed by atoms with E-state index in [0.717, 1.165) is 6.61 Å². The number of rotatable bonds is 7. The fourth-order valence-electron chi connectivity index (χ4n) is 4.05. The van der Waals surface area contributed by atoms with Gasteiger partial charge in [-0.3, -0.25) is 0 Å². The Kier molecular flexibility index (Phi) is 9.96. The number of hydrogen-bond acceptors (Lipinski definition) is 1. The minimum Gasteiger partial charge on any atom is -0.417 e. The second-order valence-electron chi connectivity index (χ2n) is 9.95. The van der Waals surface area contributed by atoms with Crippen LogP contribution >= 0.6 is 0 Å². The molecular formula is C22H46OSi4. The standard InChI is InChI=1S/C22H46OSi4/c1-16-11-18(13-24-6)21(20(15-26-8)19(16)14-25-7)17(2)12-23-27(9,10)22(3,4)5/h13-17,21H,11-12,24-26H2,1-10H3/t16-,17+,21+/m1/s1. The van der Waals surface area contributed by atoms with E-state index in [1.807, 2.05) is 0 Å². The topological polar surface area (TPSA) is 9.23 Å². The Balaban J connectivity index is 3.21. The van der Waals surface area contributed by atoms with E-state index in [9.17, 15) is 0 Å². The zero-order valence-electron chi connectivity index (χ0n) is 19.9. The summed E-state index contributed by atoms with van der Waals surface area (Å²) in [5.74, 6) is 1.89. The second kappa shape index (κ2) is 10.7. The lowest BCUT2D eigenvalue weighted by Gasteiger charge is -2.41. The highest BCUT2D eigenvalue weighted by Gasteiger charge is 2.39. The third kappa shape index (κ3) is 6.52. The van der Waals surface area contributed by atoms with Crippen molar-refractivity contribution in [1.82, 2.24) is 0 Å². The van der Waals surface area contributed by atoms with Gasteiger partial charge in [-0.05, 0) is 42.0 Å². The molecule has 5 heteroatoms. The van der Waals surface area contributed by atoms with Crippen molar-refractivity contribution in [2.75, 3.05) is 6.61 Å². The van der Waals surface area contributed by atoms with Crippen LogP contribution in [0.2, 0.25) is 37.8 Å². The van der Waals surface area contributed by atoms with Gasteiger partial charge in [0.25, 0.3) is 0 Å². The van der Waals surface area contributed by atoms with E-state index in [1.54, 1.807) is 16.7 Å². The monoisotopic (exact) mass is 438 g/mol. The molecule has 3 atom stereocenters. The predicted octanol–water partition coefficient (Wildman–Crippen LogP) is 4.60. The first-order valence-corrected chi connectivity index (χ1v) is 20.8. The molecule has 0 aliphatic heterocycles. The van der Waals surface area contributed by atoms with Gasteiger partial charge in [-0.25, -0.2) is 0 Å². The second-order valence-corrected chi connectivity index (χ2v) is 18.4. The molecule has 0 spiro atoms. The molecule has 0 bridgehead atoms. The van der Waals surface area contributed by atoms with E-state index in [-0.39, 0.29) is 33.6 Å². The first-order chi connectivity index (χ1) is 12.5. The Morgan fingerprint density at radius 2 is 1.56 bits per heavy atom. The zero-order valence-corrected chi connectivity index (χ0v) is 25.2. The van der Waals surface area contributed by atoms with Crippen LogP contribution in [-0.2, 0) is 4.43 Å². The SMILES string of the molecule is C[SiH2]C=C1C[C@@H](C)C(=C[SiH2]C)C(=C[SiH2]C)[C@H]1[C@@H](C)CO[Si](C)(C)C(C)(C)C. The van der Waals surface area contributed by atoms with Crippen LogP contribution in [0, 0.1) is 17.8 Å². The maximum absolute atomic E-state index is 6.68. The van der Waals surface area contributed by atoms with Gasteiger partial charge in [0.05, 0.1) is 0 Å². The lowest BCUT2D eigenvalue weighted by molar-refractivity contribution is 0.211. The molecule has 0 unspecified atom stereocenters. The average molecular weight is 439 g/mol. The van der Waals surface area contributed by atoms with Crippen LogP contribution in [-0.4, -0.2) is 43.5 Å². The van der Waals surface area contributed by atoms with Crippen molar-refractivity contribution in [2.45, 2.75) is 78.8 Å². The minimum atomic E-state index is -1.69. The van der Waals surface area contributed by atoms with Crippen LogP contribution < -0.4 is 0 Å². The summed E-state index contributed by atoms with van der Waals surface area (Å²) in [5.41, 5.74) is 13.1. The molecule has 0 radical (unpaired) electrons. The molecule has 0 aromatic rings. The summed E-state index contributed by atoms with van der Waals surface area (Å²) in [6, 6.07) is 0. The van der Waals surface area contributed by atoms with Gasteiger partial charge in [-0.1, -0.05) is 76.8 Å². The van der Waals surface area contributed by atoms with Gasteiger partial charge in [-0.2, -0.15) is 0 Å². The molecule has 0 N–H and O–H groups in total. The Morgan fingerprint density at radius 3 is 2.04 bits per heavy atom.